The molecule has 0 amide bonds. The molecule has 4 rings (SSSR count). The number of nitrogens with one attached hydrogen (secondary N) is 1. The fraction of sp³-hybridized carbons (Fsp3) is 0. The number of benzene rings is 2. The average molecular weight is 288 g/mol. The summed E-state index contributed by atoms with van der Waals surface area (Å²) < 4.78 is 1.64. The van der Waals surface area contributed by atoms with Gasteiger partial charge in [0.2, 0.25) is 0 Å². The van der Waals surface area contributed by atoms with E-state index in [1.54, 1.807) is 17.1 Å². The quantitative estimate of drug-likeness (QED) is 0.465. The van der Waals surface area contributed by atoms with Crippen LogP contribution in [0.15, 0.2) is 66.0 Å². The second-order valence-electron chi connectivity index (χ2n) is 4.77. The molecule has 0 saturated heterocycles. The summed E-state index contributed by atoms with van der Waals surface area (Å²) in [5, 5.41) is 18.7. The van der Waals surface area contributed by atoms with Gasteiger partial charge in [-0.15, -0.1) is 15.3 Å². The summed E-state index contributed by atoms with van der Waals surface area (Å²) in [6, 6.07) is 17.8. The van der Waals surface area contributed by atoms with Crippen LogP contribution in [-0.2, 0) is 0 Å². The Morgan fingerprint density at radius 3 is 2.59 bits per heavy atom. The van der Waals surface area contributed by atoms with Crippen molar-refractivity contribution in [2.45, 2.75) is 0 Å². The summed E-state index contributed by atoms with van der Waals surface area (Å²) >= 11 is 0. The summed E-state index contributed by atoms with van der Waals surface area (Å²) in [4.78, 5) is 0. The molecule has 0 aliphatic rings. The van der Waals surface area contributed by atoms with E-state index < -0.39 is 0 Å². The van der Waals surface area contributed by atoms with Crippen LogP contribution in [0.2, 0.25) is 0 Å². The van der Waals surface area contributed by atoms with Crippen molar-refractivity contribution in [3.63, 3.8) is 0 Å². The SMILES string of the molecule is C(=NNc1nn2cnnc2c2ccccc12)c1ccccc1. The van der Waals surface area contributed by atoms with Crippen molar-refractivity contribution in [3.8, 4) is 0 Å². The predicted molar refractivity (Wildman–Crippen MR) is 85.9 cm³/mol. The van der Waals surface area contributed by atoms with Crippen LogP contribution < -0.4 is 5.43 Å². The van der Waals surface area contributed by atoms with E-state index in [-0.39, 0.29) is 0 Å². The van der Waals surface area contributed by atoms with Crippen LogP contribution in [0.25, 0.3) is 16.4 Å². The maximum Gasteiger partial charge on any atom is 0.185 e. The molecule has 2 aromatic heterocycles. The van der Waals surface area contributed by atoms with Crippen LogP contribution in [-0.4, -0.2) is 26.0 Å². The molecule has 0 unspecified atom stereocenters. The first-order valence-corrected chi connectivity index (χ1v) is 6.85. The van der Waals surface area contributed by atoms with E-state index in [2.05, 4.69) is 25.8 Å². The Kier molecular flexibility index (Phi) is 2.97. The van der Waals surface area contributed by atoms with Crippen LogP contribution in [0.5, 0.6) is 0 Å². The minimum absolute atomic E-state index is 0.662. The first-order valence-electron chi connectivity index (χ1n) is 6.85. The topological polar surface area (TPSA) is 67.5 Å². The largest absolute Gasteiger partial charge is 0.259 e. The molecule has 22 heavy (non-hydrogen) atoms. The zero-order valence-corrected chi connectivity index (χ0v) is 11.6. The maximum absolute atomic E-state index is 4.46. The highest BCUT2D eigenvalue weighted by Gasteiger charge is 2.08. The van der Waals surface area contributed by atoms with E-state index in [0.717, 1.165) is 22.0 Å². The van der Waals surface area contributed by atoms with Gasteiger partial charge in [-0.05, 0) is 5.56 Å². The highest BCUT2D eigenvalue weighted by Crippen LogP contribution is 2.23. The molecule has 4 aromatic rings. The molecular formula is C16H12N6. The van der Waals surface area contributed by atoms with Gasteiger partial charge in [0.1, 0.15) is 6.33 Å². The van der Waals surface area contributed by atoms with E-state index >= 15 is 0 Å². The van der Waals surface area contributed by atoms with Crippen molar-refractivity contribution in [3.05, 3.63) is 66.5 Å². The number of hydrazone groups is 1. The highest BCUT2D eigenvalue weighted by molar-refractivity contribution is 5.99. The van der Waals surface area contributed by atoms with E-state index in [0.29, 0.717) is 5.82 Å². The molecule has 0 radical (unpaired) electrons. The number of fused-ring (bicyclic) bond motifs is 3. The van der Waals surface area contributed by atoms with E-state index in [4.69, 9.17) is 0 Å². The molecule has 6 nitrogen and oxygen atoms in total. The Morgan fingerprint density at radius 2 is 1.73 bits per heavy atom. The van der Waals surface area contributed by atoms with Crippen molar-refractivity contribution < 1.29 is 0 Å². The molecule has 0 aliphatic heterocycles. The van der Waals surface area contributed by atoms with Gasteiger partial charge in [0.05, 0.1) is 6.21 Å². The third-order valence-electron chi connectivity index (χ3n) is 3.34. The fourth-order valence-electron chi connectivity index (χ4n) is 2.32. The number of rotatable bonds is 3. The van der Waals surface area contributed by atoms with Gasteiger partial charge in [-0.1, -0.05) is 54.6 Å². The molecule has 2 aromatic carbocycles. The van der Waals surface area contributed by atoms with E-state index in [1.165, 1.54) is 0 Å². The lowest BCUT2D eigenvalue weighted by atomic mass is 10.2. The summed E-state index contributed by atoms with van der Waals surface area (Å²) in [6.45, 7) is 0. The first kappa shape index (κ1) is 12.5. The summed E-state index contributed by atoms with van der Waals surface area (Å²) in [7, 11) is 0. The third-order valence-corrected chi connectivity index (χ3v) is 3.34. The number of hydrogen-bond acceptors (Lipinski definition) is 5. The predicted octanol–water partition coefficient (Wildman–Crippen LogP) is 2.72. The maximum atomic E-state index is 4.46. The lowest BCUT2D eigenvalue weighted by Crippen LogP contribution is -2.00. The molecule has 0 aliphatic carbocycles. The van der Waals surface area contributed by atoms with Gasteiger partial charge >= 0.3 is 0 Å². The van der Waals surface area contributed by atoms with Crippen molar-refractivity contribution in [1.82, 2.24) is 19.8 Å². The molecular weight excluding hydrogens is 276 g/mol. The second kappa shape index (κ2) is 5.25. The van der Waals surface area contributed by atoms with E-state index in [9.17, 15) is 0 Å². The monoisotopic (exact) mass is 288 g/mol. The molecule has 0 fully saturated rings. The zero-order valence-electron chi connectivity index (χ0n) is 11.6. The zero-order chi connectivity index (χ0) is 14.8. The van der Waals surface area contributed by atoms with Gasteiger partial charge in [0, 0.05) is 10.8 Å². The lowest BCUT2D eigenvalue weighted by Gasteiger charge is -2.05. The number of nitrogens with zero attached hydrogens (tertiary/aromatic N) is 5. The Bertz CT molecular complexity index is 958. The van der Waals surface area contributed by atoms with Gasteiger partial charge in [-0.3, -0.25) is 5.43 Å². The Labute approximate surface area is 126 Å². The summed E-state index contributed by atoms with van der Waals surface area (Å²) in [5.41, 5.74) is 4.75. The minimum Gasteiger partial charge on any atom is -0.259 e. The van der Waals surface area contributed by atoms with Gasteiger partial charge in [0.25, 0.3) is 0 Å². The van der Waals surface area contributed by atoms with Crippen molar-refractivity contribution in [2.24, 2.45) is 5.10 Å². The van der Waals surface area contributed by atoms with Crippen molar-refractivity contribution >= 4 is 28.5 Å². The average Bonchev–Trinajstić information content (AvgIpc) is 3.04. The van der Waals surface area contributed by atoms with Crippen LogP contribution in [0.4, 0.5) is 5.82 Å². The lowest BCUT2D eigenvalue weighted by molar-refractivity contribution is 0.934. The molecule has 0 atom stereocenters. The smallest absolute Gasteiger partial charge is 0.185 e. The van der Waals surface area contributed by atoms with E-state index in [1.807, 2.05) is 54.6 Å². The van der Waals surface area contributed by atoms with Crippen LogP contribution in [0.1, 0.15) is 5.56 Å². The van der Waals surface area contributed by atoms with Gasteiger partial charge in [-0.2, -0.15) is 9.62 Å². The van der Waals surface area contributed by atoms with Gasteiger partial charge in [0.15, 0.2) is 11.5 Å². The first-order chi connectivity index (χ1) is 10.9. The van der Waals surface area contributed by atoms with Crippen LogP contribution >= 0.6 is 0 Å². The molecule has 2 heterocycles. The van der Waals surface area contributed by atoms with Gasteiger partial charge in [-0.25, -0.2) is 0 Å². The number of aromatic nitrogens is 4. The molecule has 0 spiro atoms. The fourth-order valence-corrected chi connectivity index (χ4v) is 2.32. The Morgan fingerprint density at radius 1 is 0.955 bits per heavy atom. The molecule has 1 N–H and O–H groups in total. The molecule has 0 bridgehead atoms. The second-order valence-corrected chi connectivity index (χ2v) is 4.77. The Balaban J connectivity index is 1.75. The normalized spacial score (nSPS) is 11.5. The summed E-state index contributed by atoms with van der Waals surface area (Å²) in [6.07, 6.45) is 3.33. The van der Waals surface area contributed by atoms with Crippen molar-refractivity contribution in [2.75, 3.05) is 5.43 Å². The number of hydrogen-bond donors (Lipinski definition) is 1. The molecule has 6 heteroatoms. The minimum atomic E-state index is 0.662. The summed E-state index contributed by atoms with van der Waals surface area (Å²) in [5.74, 6) is 0.662. The van der Waals surface area contributed by atoms with Crippen LogP contribution in [0, 0.1) is 0 Å². The highest BCUT2D eigenvalue weighted by atomic mass is 15.4. The molecule has 106 valence electrons. The van der Waals surface area contributed by atoms with Gasteiger partial charge < -0.3 is 0 Å². The third kappa shape index (κ3) is 2.16. The van der Waals surface area contributed by atoms with Crippen LogP contribution in [0.3, 0.4) is 0 Å². The molecule has 0 saturated carbocycles. The van der Waals surface area contributed by atoms with Crippen molar-refractivity contribution in [1.29, 1.82) is 0 Å². The number of anilines is 1. The Hall–Kier alpha value is -3.28. The standard InChI is InChI=1S/C16H12N6/c1-2-6-12(7-3-1)10-17-19-15-13-8-4-5-9-14(13)16-20-18-11-22(16)21-15/h1-11H,(H,19,21).